The molecule has 0 aliphatic carbocycles. The molecule has 1 aromatic heterocycles. The van der Waals surface area contributed by atoms with Gasteiger partial charge in [0.25, 0.3) is 5.91 Å². The van der Waals surface area contributed by atoms with Gasteiger partial charge in [-0.25, -0.2) is 14.2 Å². The van der Waals surface area contributed by atoms with Crippen LogP contribution in [0.4, 0.5) is 15.2 Å². The molecule has 0 radical (unpaired) electrons. The third kappa shape index (κ3) is 5.75. The highest BCUT2D eigenvalue weighted by molar-refractivity contribution is 7.22. The van der Waals surface area contributed by atoms with Crippen LogP contribution in [-0.4, -0.2) is 41.7 Å². The standard InChI is InChI=1S/C24H20FN3O4S.CH4/c1-32-13-20(23(30)31)27-22(29)16-4-2-14(3-5-16)15-6-9-18(10-7-15)26-24-28-19-11-8-17(25)12-21(19)33-24;/h2-12,20H,13H2,1H3,(H,26,28)(H,27,29)(H,30,31);1H4/t20-;/m0./s1. The summed E-state index contributed by atoms with van der Waals surface area (Å²) in [5.41, 5.74) is 3.78. The van der Waals surface area contributed by atoms with E-state index >= 15 is 0 Å². The zero-order valence-corrected chi connectivity index (χ0v) is 18.4. The summed E-state index contributed by atoms with van der Waals surface area (Å²) in [6, 6.07) is 17.9. The van der Waals surface area contributed by atoms with Gasteiger partial charge in [0.05, 0.1) is 16.8 Å². The van der Waals surface area contributed by atoms with Crippen LogP contribution in [0.5, 0.6) is 0 Å². The molecule has 0 unspecified atom stereocenters. The van der Waals surface area contributed by atoms with Crippen molar-refractivity contribution >= 4 is 44.2 Å². The number of methoxy groups -OCH3 is 1. The molecule has 4 rings (SSSR count). The maximum atomic E-state index is 13.4. The van der Waals surface area contributed by atoms with E-state index in [-0.39, 0.29) is 19.9 Å². The summed E-state index contributed by atoms with van der Waals surface area (Å²) in [6.07, 6.45) is 0. The minimum Gasteiger partial charge on any atom is -0.480 e. The van der Waals surface area contributed by atoms with Crippen molar-refractivity contribution in [2.75, 3.05) is 19.0 Å². The van der Waals surface area contributed by atoms with Gasteiger partial charge in [0, 0.05) is 18.4 Å². The molecule has 1 atom stereocenters. The fraction of sp³-hybridized carbons (Fsp3) is 0.160. The van der Waals surface area contributed by atoms with E-state index in [1.165, 1.54) is 30.6 Å². The van der Waals surface area contributed by atoms with Gasteiger partial charge in [-0.1, -0.05) is 43.0 Å². The Morgan fingerprint density at radius 2 is 1.71 bits per heavy atom. The number of carboxylic acids is 1. The van der Waals surface area contributed by atoms with Gasteiger partial charge in [-0.3, -0.25) is 4.79 Å². The summed E-state index contributed by atoms with van der Waals surface area (Å²) in [4.78, 5) is 28.0. The van der Waals surface area contributed by atoms with Crippen LogP contribution in [0, 0.1) is 5.82 Å². The first kappa shape index (κ1) is 24.8. The number of benzene rings is 3. The summed E-state index contributed by atoms with van der Waals surface area (Å²) in [6.45, 7) is -0.118. The molecule has 0 bridgehead atoms. The predicted octanol–water partition coefficient (Wildman–Crippen LogP) is 5.31. The number of carboxylic acid groups (broad SMARTS) is 1. The number of halogens is 1. The summed E-state index contributed by atoms with van der Waals surface area (Å²) >= 11 is 1.38. The second-order valence-corrected chi connectivity index (χ2v) is 8.26. The Hall–Kier alpha value is -3.82. The van der Waals surface area contributed by atoms with Gasteiger partial charge >= 0.3 is 5.97 Å². The van der Waals surface area contributed by atoms with Crippen molar-refractivity contribution < 1.29 is 23.8 Å². The zero-order valence-electron chi connectivity index (χ0n) is 17.5. The van der Waals surface area contributed by atoms with E-state index in [0.29, 0.717) is 10.7 Å². The molecule has 0 fully saturated rings. The Bertz CT molecular complexity index is 1290. The second-order valence-electron chi connectivity index (χ2n) is 7.23. The minimum atomic E-state index is -1.16. The molecule has 4 aromatic rings. The summed E-state index contributed by atoms with van der Waals surface area (Å²) in [7, 11) is 1.37. The van der Waals surface area contributed by atoms with Gasteiger partial charge < -0.3 is 20.5 Å². The monoisotopic (exact) mass is 481 g/mol. The highest BCUT2D eigenvalue weighted by Crippen LogP contribution is 2.30. The number of hydrogen-bond acceptors (Lipinski definition) is 6. The fourth-order valence-corrected chi connectivity index (χ4v) is 4.13. The lowest BCUT2D eigenvalue weighted by atomic mass is 10.0. The first-order chi connectivity index (χ1) is 15.9. The van der Waals surface area contributed by atoms with Crippen molar-refractivity contribution in [1.29, 1.82) is 0 Å². The molecule has 7 nitrogen and oxygen atoms in total. The Balaban J connectivity index is 0.00000324. The molecule has 0 aliphatic heterocycles. The number of carbonyl (C=O) groups is 2. The summed E-state index contributed by atoms with van der Waals surface area (Å²) in [5, 5.41) is 15.5. The largest absolute Gasteiger partial charge is 0.480 e. The Labute approximate surface area is 200 Å². The predicted molar refractivity (Wildman–Crippen MR) is 132 cm³/mol. The van der Waals surface area contributed by atoms with Crippen LogP contribution in [0.3, 0.4) is 0 Å². The Morgan fingerprint density at radius 3 is 2.32 bits per heavy atom. The van der Waals surface area contributed by atoms with Crippen LogP contribution < -0.4 is 10.6 Å². The molecular formula is C25H24FN3O4S. The number of ether oxygens (including phenoxy) is 1. The average Bonchev–Trinajstić information content (AvgIpc) is 3.20. The van der Waals surface area contributed by atoms with Gasteiger partial charge in [-0.2, -0.15) is 0 Å². The molecule has 0 saturated heterocycles. The van der Waals surface area contributed by atoms with Gasteiger partial charge in [-0.05, 0) is 53.6 Å². The van der Waals surface area contributed by atoms with E-state index < -0.39 is 17.9 Å². The maximum Gasteiger partial charge on any atom is 0.328 e. The van der Waals surface area contributed by atoms with Crippen LogP contribution in [0.15, 0.2) is 66.7 Å². The number of rotatable bonds is 8. The summed E-state index contributed by atoms with van der Waals surface area (Å²) < 4.78 is 19.0. The van der Waals surface area contributed by atoms with E-state index in [4.69, 9.17) is 9.84 Å². The number of fused-ring (bicyclic) bond motifs is 1. The number of anilines is 2. The molecule has 1 amide bonds. The van der Waals surface area contributed by atoms with Crippen LogP contribution >= 0.6 is 11.3 Å². The van der Waals surface area contributed by atoms with Crippen molar-refractivity contribution in [3.8, 4) is 11.1 Å². The molecule has 1 heterocycles. The normalized spacial score (nSPS) is 11.5. The van der Waals surface area contributed by atoms with Crippen LogP contribution in [0.1, 0.15) is 17.8 Å². The van der Waals surface area contributed by atoms with Crippen LogP contribution in [0.2, 0.25) is 0 Å². The average molecular weight is 482 g/mol. The zero-order chi connectivity index (χ0) is 23.4. The quantitative estimate of drug-likeness (QED) is 0.315. The van der Waals surface area contributed by atoms with Gasteiger partial charge in [0.2, 0.25) is 0 Å². The number of nitrogens with one attached hydrogen (secondary N) is 2. The number of amides is 1. The molecule has 176 valence electrons. The van der Waals surface area contributed by atoms with E-state index in [1.807, 2.05) is 24.3 Å². The Kier molecular flexibility index (Phi) is 7.93. The molecule has 0 spiro atoms. The van der Waals surface area contributed by atoms with E-state index in [0.717, 1.165) is 27.0 Å². The summed E-state index contributed by atoms with van der Waals surface area (Å²) in [5.74, 6) is -1.93. The molecule has 34 heavy (non-hydrogen) atoms. The molecule has 0 aliphatic rings. The van der Waals surface area contributed by atoms with Gasteiger partial charge in [0.1, 0.15) is 5.82 Å². The van der Waals surface area contributed by atoms with Crippen molar-refractivity contribution in [1.82, 2.24) is 10.3 Å². The van der Waals surface area contributed by atoms with Crippen molar-refractivity contribution in [3.63, 3.8) is 0 Å². The number of nitrogens with zero attached hydrogens (tertiary/aromatic N) is 1. The molecule has 3 aromatic carbocycles. The second kappa shape index (κ2) is 10.9. The van der Waals surface area contributed by atoms with Gasteiger partial charge in [-0.15, -0.1) is 0 Å². The first-order valence-corrected chi connectivity index (χ1v) is 10.8. The van der Waals surface area contributed by atoms with Crippen molar-refractivity contribution in [2.45, 2.75) is 13.5 Å². The van der Waals surface area contributed by atoms with Crippen LogP contribution in [0.25, 0.3) is 21.3 Å². The number of aliphatic carboxylic acids is 1. The lowest BCUT2D eigenvalue weighted by Gasteiger charge is -2.13. The highest BCUT2D eigenvalue weighted by Gasteiger charge is 2.20. The smallest absolute Gasteiger partial charge is 0.328 e. The lowest BCUT2D eigenvalue weighted by Crippen LogP contribution is -2.43. The lowest BCUT2D eigenvalue weighted by molar-refractivity contribution is -0.140. The Morgan fingerprint density at radius 1 is 1.06 bits per heavy atom. The van der Waals surface area contributed by atoms with Gasteiger partial charge in [0.15, 0.2) is 11.2 Å². The third-order valence-corrected chi connectivity index (χ3v) is 5.84. The molecule has 3 N–H and O–H groups in total. The van der Waals surface area contributed by atoms with Crippen LogP contribution in [-0.2, 0) is 9.53 Å². The number of aromatic nitrogens is 1. The molecule has 0 saturated carbocycles. The first-order valence-electron chi connectivity index (χ1n) is 9.99. The van der Waals surface area contributed by atoms with Crippen molar-refractivity contribution in [3.05, 3.63) is 78.1 Å². The van der Waals surface area contributed by atoms with E-state index in [2.05, 4.69) is 15.6 Å². The highest BCUT2D eigenvalue weighted by atomic mass is 32.1. The van der Waals surface area contributed by atoms with E-state index in [9.17, 15) is 14.0 Å². The maximum absolute atomic E-state index is 13.4. The third-order valence-electron chi connectivity index (χ3n) is 4.90. The fourth-order valence-electron chi connectivity index (χ4n) is 3.22. The van der Waals surface area contributed by atoms with Crippen molar-refractivity contribution in [2.24, 2.45) is 0 Å². The number of hydrogen-bond donors (Lipinski definition) is 3. The number of carbonyl (C=O) groups excluding carboxylic acids is 1. The number of thiazole rings is 1. The van der Waals surface area contributed by atoms with E-state index in [1.54, 1.807) is 30.3 Å². The minimum absolute atomic E-state index is 0. The molecular weight excluding hydrogens is 457 g/mol. The SMILES string of the molecule is C.COC[C@H](NC(=O)c1ccc(-c2ccc(Nc3nc4ccc(F)cc4s3)cc2)cc1)C(=O)O. The molecule has 9 heteroatoms. The topological polar surface area (TPSA) is 101 Å².